The van der Waals surface area contributed by atoms with E-state index in [1.165, 1.54) is 6.20 Å². The summed E-state index contributed by atoms with van der Waals surface area (Å²) in [4.78, 5) is 0. The molecule has 0 aliphatic rings. The molecule has 0 aromatic carbocycles. The van der Waals surface area contributed by atoms with Crippen molar-refractivity contribution in [2.45, 2.75) is 26.4 Å². The molecule has 5 heteroatoms. The van der Waals surface area contributed by atoms with Crippen LogP contribution < -0.4 is 4.74 Å². The minimum Gasteiger partial charge on any atom is -0.487 e. The van der Waals surface area contributed by atoms with E-state index in [-0.39, 0.29) is 11.3 Å². The lowest BCUT2D eigenvalue weighted by atomic mass is 10.3. The maximum absolute atomic E-state index is 5.83. The van der Waals surface area contributed by atoms with Crippen molar-refractivity contribution < 1.29 is 4.74 Å². The van der Waals surface area contributed by atoms with E-state index in [1.807, 2.05) is 13.8 Å². The molecular weight excluding hydrogens is 211 g/mol. The minimum atomic E-state index is 0.0952. The molecule has 1 aromatic rings. The number of hydrogen-bond donors (Lipinski definition) is 0. The van der Waals surface area contributed by atoms with Crippen molar-refractivity contribution in [3.63, 3.8) is 0 Å². The van der Waals surface area contributed by atoms with E-state index < -0.39 is 0 Å². The lowest BCUT2D eigenvalue weighted by Gasteiger charge is -2.12. The van der Waals surface area contributed by atoms with Gasteiger partial charge < -0.3 is 4.74 Å². The molecule has 0 N–H and O–H groups in total. The van der Waals surface area contributed by atoms with Crippen LogP contribution in [0.1, 0.15) is 20.3 Å². The number of halogens is 2. The SMILES string of the molecule is CC[C@@H](C)Oc1cnnc(Cl)c1Cl. The highest BCUT2D eigenvalue weighted by Crippen LogP contribution is 2.29. The van der Waals surface area contributed by atoms with Gasteiger partial charge in [-0.05, 0) is 13.3 Å². The highest BCUT2D eigenvalue weighted by Gasteiger charge is 2.09. The van der Waals surface area contributed by atoms with E-state index >= 15 is 0 Å². The second kappa shape index (κ2) is 4.63. The maximum atomic E-state index is 5.83. The molecule has 0 radical (unpaired) electrons. The first-order valence-electron chi connectivity index (χ1n) is 3.98. The average molecular weight is 221 g/mol. The molecule has 0 spiro atoms. The van der Waals surface area contributed by atoms with Crippen molar-refractivity contribution in [3.8, 4) is 5.75 Å². The summed E-state index contributed by atoms with van der Waals surface area (Å²) in [5.41, 5.74) is 0. The predicted molar refractivity (Wildman–Crippen MR) is 52.4 cm³/mol. The molecule has 0 amide bonds. The summed E-state index contributed by atoms with van der Waals surface area (Å²) in [6.07, 6.45) is 2.45. The van der Waals surface area contributed by atoms with Crippen LogP contribution in [0.25, 0.3) is 0 Å². The van der Waals surface area contributed by atoms with Gasteiger partial charge in [0.15, 0.2) is 10.9 Å². The van der Waals surface area contributed by atoms with Gasteiger partial charge in [0.2, 0.25) is 0 Å². The van der Waals surface area contributed by atoms with Gasteiger partial charge in [-0.2, -0.15) is 5.10 Å². The van der Waals surface area contributed by atoms with Gasteiger partial charge in [-0.15, -0.1) is 5.10 Å². The molecule has 0 aliphatic heterocycles. The molecule has 0 saturated heterocycles. The van der Waals surface area contributed by atoms with E-state index in [0.29, 0.717) is 10.8 Å². The molecular formula is C8H10Cl2N2O. The zero-order valence-corrected chi connectivity index (χ0v) is 8.93. The number of hydrogen-bond acceptors (Lipinski definition) is 3. The second-order valence-corrected chi connectivity index (χ2v) is 3.39. The number of ether oxygens (including phenoxy) is 1. The first-order chi connectivity index (χ1) is 6.15. The summed E-state index contributed by atoms with van der Waals surface area (Å²) in [6.45, 7) is 3.97. The van der Waals surface area contributed by atoms with Gasteiger partial charge in [-0.1, -0.05) is 30.1 Å². The highest BCUT2D eigenvalue weighted by atomic mass is 35.5. The van der Waals surface area contributed by atoms with Gasteiger partial charge >= 0.3 is 0 Å². The summed E-state index contributed by atoms with van der Waals surface area (Å²) in [5, 5.41) is 7.70. The Kier molecular flexibility index (Phi) is 3.75. The maximum Gasteiger partial charge on any atom is 0.174 e. The first kappa shape index (κ1) is 10.5. The highest BCUT2D eigenvalue weighted by molar-refractivity contribution is 6.42. The van der Waals surface area contributed by atoms with Gasteiger partial charge in [0.05, 0.1) is 12.3 Å². The summed E-state index contributed by atoms with van der Waals surface area (Å²) in [7, 11) is 0. The molecule has 13 heavy (non-hydrogen) atoms. The van der Waals surface area contributed by atoms with E-state index in [1.54, 1.807) is 0 Å². The van der Waals surface area contributed by atoms with Gasteiger partial charge in [0, 0.05) is 0 Å². The Morgan fingerprint density at radius 1 is 1.54 bits per heavy atom. The Hall–Kier alpha value is -0.540. The lowest BCUT2D eigenvalue weighted by molar-refractivity contribution is 0.216. The molecule has 3 nitrogen and oxygen atoms in total. The summed E-state index contributed by atoms with van der Waals surface area (Å²) in [6, 6.07) is 0. The molecule has 1 aromatic heterocycles. The Balaban J connectivity index is 2.83. The van der Waals surface area contributed by atoms with Crippen molar-refractivity contribution in [3.05, 3.63) is 16.4 Å². The zero-order valence-electron chi connectivity index (χ0n) is 7.42. The molecule has 0 bridgehead atoms. The Labute approximate surface area is 87.0 Å². The average Bonchev–Trinajstić information content (AvgIpc) is 2.13. The Bertz CT molecular complexity index is 293. The molecule has 1 rings (SSSR count). The van der Waals surface area contributed by atoms with Gasteiger partial charge in [-0.3, -0.25) is 0 Å². The Morgan fingerprint density at radius 3 is 2.85 bits per heavy atom. The van der Waals surface area contributed by atoms with E-state index in [0.717, 1.165) is 6.42 Å². The van der Waals surface area contributed by atoms with Crippen LogP contribution in [0.4, 0.5) is 0 Å². The fourth-order valence-electron chi connectivity index (χ4n) is 0.716. The second-order valence-electron chi connectivity index (χ2n) is 2.65. The fourth-order valence-corrected chi connectivity index (χ4v) is 0.984. The lowest BCUT2D eigenvalue weighted by Crippen LogP contribution is -2.10. The summed E-state index contributed by atoms with van der Waals surface area (Å²) < 4.78 is 5.46. The predicted octanol–water partition coefficient (Wildman–Crippen LogP) is 2.96. The number of nitrogens with zero attached hydrogens (tertiary/aromatic N) is 2. The molecule has 0 unspecified atom stereocenters. The van der Waals surface area contributed by atoms with Gasteiger partial charge in [0.1, 0.15) is 5.02 Å². The third-order valence-corrected chi connectivity index (χ3v) is 2.35. The number of rotatable bonds is 3. The summed E-state index contributed by atoms with van der Waals surface area (Å²) >= 11 is 11.5. The number of aromatic nitrogens is 2. The van der Waals surface area contributed by atoms with Crippen LogP contribution in [-0.4, -0.2) is 16.3 Å². The smallest absolute Gasteiger partial charge is 0.174 e. The van der Waals surface area contributed by atoms with Crippen LogP contribution in [0.2, 0.25) is 10.2 Å². The van der Waals surface area contributed by atoms with Crippen LogP contribution in [-0.2, 0) is 0 Å². The fraction of sp³-hybridized carbons (Fsp3) is 0.500. The third kappa shape index (κ3) is 2.71. The van der Waals surface area contributed by atoms with Crippen LogP contribution in [0.5, 0.6) is 5.75 Å². The molecule has 0 fully saturated rings. The summed E-state index contributed by atoms with van der Waals surface area (Å²) in [5.74, 6) is 0.482. The topological polar surface area (TPSA) is 35.0 Å². The first-order valence-corrected chi connectivity index (χ1v) is 4.74. The Morgan fingerprint density at radius 2 is 2.23 bits per heavy atom. The van der Waals surface area contributed by atoms with E-state index in [4.69, 9.17) is 27.9 Å². The van der Waals surface area contributed by atoms with E-state index in [9.17, 15) is 0 Å². The monoisotopic (exact) mass is 220 g/mol. The van der Waals surface area contributed by atoms with Crippen molar-refractivity contribution >= 4 is 23.2 Å². The third-order valence-electron chi connectivity index (χ3n) is 1.62. The molecule has 1 atom stereocenters. The van der Waals surface area contributed by atoms with Crippen molar-refractivity contribution in [1.82, 2.24) is 10.2 Å². The van der Waals surface area contributed by atoms with Crippen LogP contribution in [0, 0.1) is 0 Å². The quantitative estimate of drug-likeness (QED) is 0.786. The normalized spacial score (nSPS) is 12.6. The zero-order chi connectivity index (χ0) is 9.84. The van der Waals surface area contributed by atoms with Gasteiger partial charge in [-0.25, -0.2) is 0 Å². The van der Waals surface area contributed by atoms with Crippen molar-refractivity contribution in [2.75, 3.05) is 0 Å². The van der Waals surface area contributed by atoms with Gasteiger partial charge in [0.25, 0.3) is 0 Å². The molecule has 72 valence electrons. The van der Waals surface area contributed by atoms with Crippen LogP contribution >= 0.6 is 23.2 Å². The van der Waals surface area contributed by atoms with Crippen molar-refractivity contribution in [2.24, 2.45) is 0 Å². The van der Waals surface area contributed by atoms with E-state index in [2.05, 4.69) is 10.2 Å². The minimum absolute atomic E-state index is 0.0952. The van der Waals surface area contributed by atoms with Crippen LogP contribution in [0.15, 0.2) is 6.20 Å². The molecule has 0 saturated carbocycles. The molecule has 1 heterocycles. The standard InChI is InChI=1S/C8H10Cl2N2O/c1-3-5(2)13-6-4-11-12-8(10)7(6)9/h4-5H,3H2,1-2H3/t5-/m1/s1. The van der Waals surface area contributed by atoms with Crippen molar-refractivity contribution in [1.29, 1.82) is 0 Å². The largest absolute Gasteiger partial charge is 0.487 e. The van der Waals surface area contributed by atoms with Crippen LogP contribution in [0.3, 0.4) is 0 Å². The molecule has 0 aliphatic carbocycles.